The van der Waals surface area contributed by atoms with E-state index < -0.39 is 0 Å². The Morgan fingerprint density at radius 3 is 2.86 bits per heavy atom. The van der Waals surface area contributed by atoms with Gasteiger partial charge in [0, 0.05) is 29.4 Å². The molecule has 0 aliphatic carbocycles. The molecule has 0 spiro atoms. The van der Waals surface area contributed by atoms with Gasteiger partial charge in [0.25, 0.3) is 0 Å². The van der Waals surface area contributed by atoms with Crippen LogP contribution in [-0.4, -0.2) is 17.6 Å². The minimum absolute atomic E-state index is 0.126. The second-order valence-corrected chi connectivity index (χ2v) is 5.48. The Morgan fingerprint density at radius 1 is 1.29 bits per heavy atom. The van der Waals surface area contributed by atoms with E-state index in [1.165, 1.54) is 0 Å². The predicted octanol–water partition coefficient (Wildman–Crippen LogP) is 3.64. The SMILES string of the molecule is CCC(N)Cc1cc(Cl)ccc1OCCc1ccccn1. The van der Waals surface area contributed by atoms with Crippen LogP contribution in [0.3, 0.4) is 0 Å². The summed E-state index contributed by atoms with van der Waals surface area (Å²) < 4.78 is 5.89. The number of rotatable bonds is 7. The molecule has 0 amide bonds. The van der Waals surface area contributed by atoms with E-state index in [-0.39, 0.29) is 6.04 Å². The molecule has 112 valence electrons. The Hall–Kier alpha value is -1.58. The number of pyridine rings is 1. The average molecular weight is 305 g/mol. The molecule has 2 N–H and O–H groups in total. The van der Waals surface area contributed by atoms with E-state index in [1.807, 2.05) is 36.4 Å². The van der Waals surface area contributed by atoms with E-state index in [4.69, 9.17) is 22.1 Å². The zero-order chi connectivity index (χ0) is 15.1. The predicted molar refractivity (Wildman–Crippen MR) is 86.9 cm³/mol. The molecule has 3 nitrogen and oxygen atoms in total. The number of nitrogens with zero attached hydrogens (tertiary/aromatic N) is 1. The highest BCUT2D eigenvalue weighted by molar-refractivity contribution is 6.30. The van der Waals surface area contributed by atoms with Gasteiger partial charge in [-0.2, -0.15) is 0 Å². The number of hydrogen-bond acceptors (Lipinski definition) is 3. The van der Waals surface area contributed by atoms with Crippen molar-refractivity contribution in [3.8, 4) is 5.75 Å². The van der Waals surface area contributed by atoms with Gasteiger partial charge in [-0.15, -0.1) is 0 Å². The van der Waals surface area contributed by atoms with Crippen LogP contribution in [0.4, 0.5) is 0 Å². The fraction of sp³-hybridized carbons (Fsp3) is 0.353. The van der Waals surface area contributed by atoms with Crippen LogP contribution in [0.1, 0.15) is 24.6 Å². The molecule has 1 aromatic heterocycles. The largest absolute Gasteiger partial charge is 0.493 e. The lowest BCUT2D eigenvalue weighted by atomic mass is 10.0. The molecule has 21 heavy (non-hydrogen) atoms. The average Bonchev–Trinajstić information content (AvgIpc) is 2.50. The maximum atomic E-state index is 6.07. The normalized spacial score (nSPS) is 12.1. The summed E-state index contributed by atoms with van der Waals surface area (Å²) in [5.41, 5.74) is 8.13. The van der Waals surface area contributed by atoms with Gasteiger partial charge in [0.05, 0.1) is 6.61 Å². The van der Waals surface area contributed by atoms with E-state index in [0.29, 0.717) is 11.6 Å². The highest BCUT2D eigenvalue weighted by Crippen LogP contribution is 2.24. The van der Waals surface area contributed by atoms with Gasteiger partial charge in [-0.3, -0.25) is 4.98 Å². The van der Waals surface area contributed by atoms with Gasteiger partial charge in [-0.1, -0.05) is 24.6 Å². The Bertz CT molecular complexity index is 560. The summed E-state index contributed by atoms with van der Waals surface area (Å²) >= 11 is 6.07. The summed E-state index contributed by atoms with van der Waals surface area (Å²) in [7, 11) is 0. The fourth-order valence-corrected chi connectivity index (χ4v) is 2.28. The number of benzene rings is 1. The molecule has 0 fully saturated rings. The number of ether oxygens (including phenoxy) is 1. The maximum Gasteiger partial charge on any atom is 0.122 e. The summed E-state index contributed by atoms with van der Waals surface area (Å²) in [4.78, 5) is 4.29. The molecular formula is C17H21ClN2O. The maximum absolute atomic E-state index is 6.07. The van der Waals surface area contributed by atoms with Crippen LogP contribution in [0.2, 0.25) is 5.02 Å². The summed E-state index contributed by atoms with van der Waals surface area (Å²) in [5.74, 6) is 0.860. The molecule has 0 saturated carbocycles. The van der Waals surface area contributed by atoms with Crippen molar-refractivity contribution < 1.29 is 4.74 Å². The summed E-state index contributed by atoms with van der Waals surface area (Å²) in [6.07, 6.45) is 4.28. The Kier molecular flexibility index (Phi) is 6.03. The molecule has 0 bridgehead atoms. The van der Waals surface area contributed by atoms with E-state index >= 15 is 0 Å². The Balaban J connectivity index is 1.98. The van der Waals surface area contributed by atoms with Crippen LogP contribution in [0, 0.1) is 0 Å². The minimum Gasteiger partial charge on any atom is -0.493 e. The van der Waals surface area contributed by atoms with Crippen molar-refractivity contribution in [2.75, 3.05) is 6.61 Å². The van der Waals surface area contributed by atoms with Crippen molar-refractivity contribution in [1.29, 1.82) is 0 Å². The van der Waals surface area contributed by atoms with Crippen LogP contribution in [0.15, 0.2) is 42.6 Å². The quantitative estimate of drug-likeness (QED) is 0.849. The van der Waals surface area contributed by atoms with Crippen molar-refractivity contribution in [2.24, 2.45) is 5.73 Å². The lowest BCUT2D eigenvalue weighted by Gasteiger charge is -2.14. The molecule has 2 rings (SSSR count). The van der Waals surface area contributed by atoms with Crippen molar-refractivity contribution in [3.63, 3.8) is 0 Å². The third-order valence-corrected chi connectivity index (χ3v) is 3.61. The first-order chi connectivity index (χ1) is 10.2. The molecule has 1 aromatic carbocycles. The van der Waals surface area contributed by atoms with Crippen molar-refractivity contribution >= 4 is 11.6 Å². The van der Waals surface area contributed by atoms with E-state index in [2.05, 4.69) is 11.9 Å². The topological polar surface area (TPSA) is 48.1 Å². The molecule has 1 atom stereocenters. The van der Waals surface area contributed by atoms with Crippen molar-refractivity contribution in [1.82, 2.24) is 4.98 Å². The first kappa shape index (κ1) is 15.8. The smallest absolute Gasteiger partial charge is 0.122 e. The fourth-order valence-electron chi connectivity index (χ4n) is 2.09. The Labute approximate surface area is 131 Å². The first-order valence-corrected chi connectivity index (χ1v) is 7.63. The molecule has 0 radical (unpaired) electrons. The molecule has 0 aliphatic heterocycles. The second kappa shape index (κ2) is 8.01. The van der Waals surface area contributed by atoms with Crippen molar-refractivity contribution in [2.45, 2.75) is 32.2 Å². The summed E-state index contributed by atoms with van der Waals surface area (Å²) in [6, 6.07) is 11.7. The van der Waals surface area contributed by atoms with Gasteiger partial charge < -0.3 is 10.5 Å². The van der Waals surface area contributed by atoms with Gasteiger partial charge in [0.2, 0.25) is 0 Å². The van der Waals surface area contributed by atoms with Gasteiger partial charge in [0.1, 0.15) is 5.75 Å². The van der Waals surface area contributed by atoms with Gasteiger partial charge in [-0.25, -0.2) is 0 Å². The zero-order valence-electron chi connectivity index (χ0n) is 12.3. The highest BCUT2D eigenvalue weighted by Gasteiger charge is 2.09. The van der Waals surface area contributed by atoms with Crippen LogP contribution in [0.5, 0.6) is 5.75 Å². The number of nitrogens with two attached hydrogens (primary N) is 1. The zero-order valence-corrected chi connectivity index (χ0v) is 13.0. The lowest BCUT2D eigenvalue weighted by Crippen LogP contribution is -2.21. The number of halogens is 1. The molecule has 1 heterocycles. The Morgan fingerprint density at radius 2 is 2.14 bits per heavy atom. The number of aromatic nitrogens is 1. The van der Waals surface area contributed by atoms with Crippen LogP contribution < -0.4 is 10.5 Å². The van der Waals surface area contributed by atoms with Gasteiger partial charge >= 0.3 is 0 Å². The molecule has 2 aromatic rings. The second-order valence-electron chi connectivity index (χ2n) is 5.04. The van der Waals surface area contributed by atoms with Crippen LogP contribution >= 0.6 is 11.6 Å². The van der Waals surface area contributed by atoms with E-state index in [0.717, 1.165) is 36.3 Å². The first-order valence-electron chi connectivity index (χ1n) is 7.25. The monoisotopic (exact) mass is 304 g/mol. The standard InChI is InChI=1S/C17H21ClN2O/c1-2-15(19)12-13-11-14(18)6-7-17(13)21-10-8-16-5-3-4-9-20-16/h3-7,9,11,15H,2,8,10,12,19H2,1H3. The summed E-state index contributed by atoms with van der Waals surface area (Å²) in [6.45, 7) is 2.67. The molecule has 0 aliphatic rings. The van der Waals surface area contributed by atoms with E-state index in [9.17, 15) is 0 Å². The number of hydrogen-bond donors (Lipinski definition) is 1. The van der Waals surface area contributed by atoms with Gasteiger partial charge in [-0.05, 0) is 48.7 Å². The van der Waals surface area contributed by atoms with Gasteiger partial charge in [0.15, 0.2) is 0 Å². The molecule has 1 unspecified atom stereocenters. The highest BCUT2D eigenvalue weighted by atomic mass is 35.5. The van der Waals surface area contributed by atoms with Crippen LogP contribution in [-0.2, 0) is 12.8 Å². The molecule has 4 heteroatoms. The molecule has 0 saturated heterocycles. The third-order valence-electron chi connectivity index (χ3n) is 3.37. The molecular weight excluding hydrogens is 284 g/mol. The van der Waals surface area contributed by atoms with Crippen LogP contribution in [0.25, 0.3) is 0 Å². The third kappa shape index (κ3) is 5.03. The minimum atomic E-state index is 0.126. The summed E-state index contributed by atoms with van der Waals surface area (Å²) in [5, 5.41) is 0.713. The van der Waals surface area contributed by atoms with E-state index in [1.54, 1.807) is 6.20 Å². The lowest BCUT2D eigenvalue weighted by molar-refractivity contribution is 0.316. The van der Waals surface area contributed by atoms with Crippen molar-refractivity contribution in [3.05, 3.63) is 58.9 Å².